The molecular formula is C13H20O4. The molecule has 0 aliphatic heterocycles. The van der Waals surface area contributed by atoms with Crippen LogP contribution in [-0.2, 0) is 19.1 Å². The van der Waals surface area contributed by atoms with Crippen molar-refractivity contribution in [3.63, 3.8) is 0 Å². The Bertz CT molecular complexity index is 279. The highest BCUT2D eigenvalue weighted by molar-refractivity contribution is 5.82. The number of carbonyl (C=O) groups excluding carboxylic acids is 2. The molecule has 4 nitrogen and oxygen atoms in total. The number of hydrogen-bond donors (Lipinski definition) is 0. The lowest BCUT2D eigenvalue weighted by molar-refractivity contribution is -0.141. The van der Waals surface area contributed by atoms with Crippen LogP contribution in [0.15, 0.2) is 24.3 Å². The van der Waals surface area contributed by atoms with Gasteiger partial charge >= 0.3 is 11.9 Å². The van der Waals surface area contributed by atoms with Crippen LogP contribution < -0.4 is 0 Å². The zero-order valence-corrected chi connectivity index (χ0v) is 10.5. The molecule has 0 aliphatic rings. The normalized spacial score (nSPS) is 10.9. The molecule has 0 heterocycles. The molecule has 96 valence electrons. The minimum absolute atomic E-state index is 0.238. The zero-order valence-electron chi connectivity index (χ0n) is 10.5. The summed E-state index contributed by atoms with van der Waals surface area (Å²) in [5.74, 6) is -0.565. The lowest BCUT2D eigenvalue weighted by Gasteiger charge is -1.98. The van der Waals surface area contributed by atoms with Crippen molar-refractivity contribution in [1.29, 1.82) is 0 Å². The molecule has 0 saturated heterocycles. The minimum Gasteiger partial charge on any atom is -0.466 e. The third-order valence-electron chi connectivity index (χ3n) is 1.84. The number of hydrogen-bond acceptors (Lipinski definition) is 4. The first-order valence-corrected chi connectivity index (χ1v) is 5.80. The first-order valence-electron chi connectivity index (χ1n) is 5.80. The van der Waals surface area contributed by atoms with Crippen molar-refractivity contribution in [3.8, 4) is 0 Å². The van der Waals surface area contributed by atoms with Crippen LogP contribution in [0.2, 0.25) is 0 Å². The predicted octanol–water partition coefficient (Wildman–Crippen LogP) is 2.40. The van der Waals surface area contributed by atoms with Crippen LogP contribution in [0.5, 0.6) is 0 Å². The van der Waals surface area contributed by atoms with Gasteiger partial charge < -0.3 is 9.47 Å². The number of carbonyl (C=O) groups is 2. The second-order valence-electron chi connectivity index (χ2n) is 3.38. The lowest BCUT2D eigenvalue weighted by Crippen LogP contribution is -1.99. The lowest BCUT2D eigenvalue weighted by atomic mass is 10.2. The van der Waals surface area contributed by atoms with Gasteiger partial charge in [0, 0.05) is 13.0 Å². The van der Waals surface area contributed by atoms with Gasteiger partial charge in [-0.25, -0.2) is 4.79 Å². The van der Waals surface area contributed by atoms with Crippen LogP contribution >= 0.6 is 0 Å². The largest absolute Gasteiger partial charge is 0.466 e. The van der Waals surface area contributed by atoms with Gasteiger partial charge in [0.15, 0.2) is 0 Å². The molecule has 0 N–H and O–H groups in total. The monoisotopic (exact) mass is 240 g/mol. The van der Waals surface area contributed by atoms with Crippen LogP contribution in [0.25, 0.3) is 0 Å². The molecule has 0 bridgehead atoms. The Morgan fingerprint density at radius 3 is 2.53 bits per heavy atom. The van der Waals surface area contributed by atoms with Crippen molar-refractivity contribution < 1.29 is 19.1 Å². The summed E-state index contributed by atoms with van der Waals surface area (Å²) in [6.45, 7) is 4.04. The molecule has 0 atom stereocenters. The molecule has 0 rings (SSSR count). The van der Waals surface area contributed by atoms with E-state index in [4.69, 9.17) is 9.47 Å². The first kappa shape index (κ1) is 15.4. The van der Waals surface area contributed by atoms with Crippen LogP contribution in [0.4, 0.5) is 0 Å². The number of ether oxygens (including phenoxy) is 2. The Morgan fingerprint density at radius 2 is 1.88 bits per heavy atom. The fraction of sp³-hybridized carbons (Fsp3) is 0.538. The number of unbranched alkanes of at least 4 members (excludes halogenated alkanes) is 2. The second kappa shape index (κ2) is 10.9. The van der Waals surface area contributed by atoms with E-state index in [-0.39, 0.29) is 11.9 Å². The summed E-state index contributed by atoms with van der Waals surface area (Å²) in [5.41, 5.74) is 0. The van der Waals surface area contributed by atoms with E-state index in [0.717, 1.165) is 19.3 Å². The Hall–Kier alpha value is -1.58. The summed E-state index contributed by atoms with van der Waals surface area (Å²) >= 11 is 0. The van der Waals surface area contributed by atoms with Gasteiger partial charge in [0.05, 0.1) is 13.2 Å². The van der Waals surface area contributed by atoms with E-state index in [1.165, 1.54) is 13.0 Å². The molecule has 0 aliphatic carbocycles. The summed E-state index contributed by atoms with van der Waals surface area (Å²) in [6, 6.07) is 0. The third-order valence-corrected chi connectivity index (χ3v) is 1.84. The van der Waals surface area contributed by atoms with Crippen LogP contribution in [0.1, 0.15) is 33.1 Å². The molecule has 17 heavy (non-hydrogen) atoms. The topological polar surface area (TPSA) is 52.6 Å². The highest BCUT2D eigenvalue weighted by atomic mass is 16.5. The molecule has 4 heteroatoms. The van der Waals surface area contributed by atoms with E-state index in [9.17, 15) is 9.59 Å². The smallest absolute Gasteiger partial charge is 0.330 e. The van der Waals surface area contributed by atoms with E-state index < -0.39 is 0 Å². The van der Waals surface area contributed by atoms with Crippen molar-refractivity contribution in [2.75, 3.05) is 13.2 Å². The molecular weight excluding hydrogens is 220 g/mol. The predicted molar refractivity (Wildman–Crippen MR) is 65.4 cm³/mol. The molecule has 0 amide bonds. The van der Waals surface area contributed by atoms with Gasteiger partial charge in [0.25, 0.3) is 0 Å². The van der Waals surface area contributed by atoms with Crippen molar-refractivity contribution in [1.82, 2.24) is 0 Å². The standard InChI is InChI=1S/C13H20O4/c1-3-16-13(15)10-8-6-4-5-7-9-11-17-12(2)14/h4,6,8,10H,3,5,7,9,11H2,1-2H3/b6-4+,10-8+. The average molecular weight is 240 g/mol. The van der Waals surface area contributed by atoms with E-state index in [0.29, 0.717) is 13.2 Å². The van der Waals surface area contributed by atoms with Gasteiger partial charge in [-0.05, 0) is 26.2 Å². The Balaban J connectivity index is 3.42. The molecule has 0 unspecified atom stereocenters. The van der Waals surface area contributed by atoms with Gasteiger partial charge in [0.1, 0.15) is 0 Å². The van der Waals surface area contributed by atoms with Gasteiger partial charge in [-0.2, -0.15) is 0 Å². The highest BCUT2D eigenvalue weighted by Crippen LogP contribution is 1.97. The zero-order chi connectivity index (χ0) is 12.9. The van der Waals surface area contributed by atoms with E-state index in [1.807, 2.05) is 12.2 Å². The molecule has 0 radical (unpaired) electrons. The van der Waals surface area contributed by atoms with E-state index in [1.54, 1.807) is 13.0 Å². The average Bonchev–Trinajstić information content (AvgIpc) is 2.27. The third kappa shape index (κ3) is 12.4. The second-order valence-corrected chi connectivity index (χ2v) is 3.38. The summed E-state index contributed by atoms with van der Waals surface area (Å²) in [5, 5.41) is 0. The van der Waals surface area contributed by atoms with Crippen LogP contribution in [0.3, 0.4) is 0 Å². The highest BCUT2D eigenvalue weighted by Gasteiger charge is 1.92. The summed E-state index contributed by atoms with van der Waals surface area (Å²) < 4.78 is 9.51. The van der Waals surface area contributed by atoms with E-state index in [2.05, 4.69) is 0 Å². The SMILES string of the molecule is CCOC(=O)/C=C/C=C/CCCCOC(C)=O. The molecule has 0 aromatic carbocycles. The van der Waals surface area contributed by atoms with E-state index >= 15 is 0 Å². The van der Waals surface area contributed by atoms with Crippen molar-refractivity contribution >= 4 is 11.9 Å². The van der Waals surface area contributed by atoms with Crippen molar-refractivity contribution in [2.24, 2.45) is 0 Å². The molecule has 0 spiro atoms. The van der Waals surface area contributed by atoms with Crippen LogP contribution in [0, 0.1) is 0 Å². The van der Waals surface area contributed by atoms with Crippen molar-refractivity contribution in [2.45, 2.75) is 33.1 Å². The minimum atomic E-state index is -0.327. The molecule has 0 fully saturated rings. The summed E-state index contributed by atoms with van der Waals surface area (Å²) in [6.07, 6.45) is 9.52. The molecule has 0 aromatic heterocycles. The Morgan fingerprint density at radius 1 is 1.12 bits per heavy atom. The maximum atomic E-state index is 10.9. The maximum Gasteiger partial charge on any atom is 0.330 e. The van der Waals surface area contributed by atoms with Gasteiger partial charge in [-0.15, -0.1) is 0 Å². The van der Waals surface area contributed by atoms with Crippen molar-refractivity contribution in [3.05, 3.63) is 24.3 Å². The van der Waals surface area contributed by atoms with Gasteiger partial charge in [-0.3, -0.25) is 4.79 Å². The number of allylic oxidation sites excluding steroid dienone is 3. The van der Waals surface area contributed by atoms with Crippen LogP contribution in [-0.4, -0.2) is 25.2 Å². The fourth-order valence-electron chi connectivity index (χ4n) is 1.08. The molecule has 0 saturated carbocycles. The van der Waals surface area contributed by atoms with Gasteiger partial charge in [-0.1, -0.05) is 18.2 Å². The summed E-state index contributed by atoms with van der Waals surface area (Å²) in [7, 11) is 0. The number of rotatable bonds is 8. The molecule has 0 aromatic rings. The quantitative estimate of drug-likeness (QED) is 0.283. The Labute approximate surface area is 102 Å². The maximum absolute atomic E-state index is 10.9. The summed E-state index contributed by atoms with van der Waals surface area (Å²) in [4.78, 5) is 21.3. The Kier molecular flexibility index (Phi) is 9.91. The number of esters is 2. The first-order chi connectivity index (χ1) is 8.16. The van der Waals surface area contributed by atoms with Gasteiger partial charge in [0.2, 0.25) is 0 Å². The fourth-order valence-corrected chi connectivity index (χ4v) is 1.08.